The fraction of sp³-hybridized carbons (Fsp3) is 0.500. The van der Waals surface area contributed by atoms with Crippen molar-refractivity contribution in [1.29, 1.82) is 0 Å². The Hall–Kier alpha value is -1.38. The summed E-state index contributed by atoms with van der Waals surface area (Å²) in [6.45, 7) is 5.04. The molecule has 4 heterocycles. The average Bonchev–Trinajstić information content (AvgIpc) is 3.14. The molecule has 9 heteroatoms. The molecule has 4 rings (SSSR count). The largest absolute Gasteiger partial charge is 0.487 e. The first kappa shape index (κ1) is 23.9. The third-order valence-electron chi connectivity index (χ3n) is 5.16. The van der Waals surface area contributed by atoms with Gasteiger partial charge < -0.3 is 20.1 Å². The molecule has 0 bridgehead atoms. The summed E-state index contributed by atoms with van der Waals surface area (Å²) < 4.78 is 12.0. The van der Waals surface area contributed by atoms with Crippen LogP contribution in [0.15, 0.2) is 30.6 Å². The summed E-state index contributed by atoms with van der Waals surface area (Å²) in [5.41, 5.74) is 1.02. The Kier molecular flexibility index (Phi) is 8.73. The SMILES string of the molecule is CC(CNC(=O)c1cc2c(s1)CCOC21CCNCC1)Oc1cccnc1.Cl.Cl. The van der Waals surface area contributed by atoms with Crippen molar-refractivity contribution in [3.05, 3.63) is 45.9 Å². The lowest BCUT2D eigenvalue weighted by molar-refractivity contribution is -0.0792. The van der Waals surface area contributed by atoms with Crippen molar-refractivity contribution in [2.45, 2.75) is 37.9 Å². The Labute approximate surface area is 187 Å². The Balaban J connectivity index is 0.00000150. The lowest BCUT2D eigenvalue weighted by Gasteiger charge is -2.40. The first-order valence-corrected chi connectivity index (χ1v) is 10.3. The highest BCUT2D eigenvalue weighted by molar-refractivity contribution is 7.14. The van der Waals surface area contributed by atoms with Crippen LogP contribution in [0.2, 0.25) is 0 Å². The molecule has 2 aliphatic heterocycles. The lowest BCUT2D eigenvalue weighted by atomic mass is 9.83. The molecule has 2 aromatic heterocycles. The Morgan fingerprint density at radius 3 is 2.93 bits per heavy atom. The van der Waals surface area contributed by atoms with Crippen LogP contribution >= 0.6 is 36.2 Å². The zero-order valence-electron chi connectivity index (χ0n) is 16.3. The van der Waals surface area contributed by atoms with Gasteiger partial charge in [-0.05, 0) is 56.6 Å². The Morgan fingerprint density at radius 2 is 2.21 bits per heavy atom. The number of halogens is 2. The summed E-state index contributed by atoms with van der Waals surface area (Å²) in [4.78, 5) is 18.8. The van der Waals surface area contributed by atoms with Crippen molar-refractivity contribution in [2.75, 3.05) is 26.2 Å². The van der Waals surface area contributed by atoms with E-state index in [1.54, 1.807) is 23.7 Å². The number of fused-ring (bicyclic) bond motifs is 2. The van der Waals surface area contributed by atoms with Crippen LogP contribution in [0.5, 0.6) is 5.75 Å². The van der Waals surface area contributed by atoms with Crippen molar-refractivity contribution >= 4 is 42.1 Å². The number of piperidine rings is 1. The number of nitrogens with one attached hydrogen (secondary N) is 2. The molecule has 1 saturated heterocycles. The number of amides is 1. The standard InChI is InChI=1S/C20H25N3O3S.2ClH/c1-14(26-15-3-2-7-22-13-15)12-23-19(24)18-11-16-17(27-18)4-10-25-20(16)5-8-21-9-6-20;;/h2-3,7,11,13-14,21H,4-6,8-10,12H2,1H3,(H,23,24);2*1H. The maximum Gasteiger partial charge on any atom is 0.261 e. The maximum absolute atomic E-state index is 12.7. The van der Waals surface area contributed by atoms with Gasteiger partial charge in [0.1, 0.15) is 11.9 Å². The minimum absolute atomic E-state index is 0. The summed E-state index contributed by atoms with van der Waals surface area (Å²) in [5, 5.41) is 6.39. The molecule has 1 atom stereocenters. The zero-order chi connectivity index (χ0) is 18.7. The number of thiophene rings is 1. The first-order valence-electron chi connectivity index (χ1n) is 9.49. The summed E-state index contributed by atoms with van der Waals surface area (Å²) in [6, 6.07) is 5.74. The zero-order valence-corrected chi connectivity index (χ0v) is 18.8. The monoisotopic (exact) mass is 459 g/mol. The number of nitrogens with zero attached hydrogens (tertiary/aromatic N) is 1. The number of carbonyl (C=O) groups excluding carboxylic acids is 1. The molecule has 0 saturated carbocycles. The van der Waals surface area contributed by atoms with Crippen molar-refractivity contribution < 1.29 is 14.3 Å². The molecule has 2 N–H and O–H groups in total. The van der Waals surface area contributed by atoms with Gasteiger partial charge in [-0.1, -0.05) is 0 Å². The van der Waals surface area contributed by atoms with Crippen LogP contribution in [0.25, 0.3) is 0 Å². The van der Waals surface area contributed by atoms with Crippen LogP contribution in [0.1, 0.15) is 39.9 Å². The number of ether oxygens (including phenoxy) is 2. The molecular formula is C20H27Cl2N3O3S. The fourth-order valence-electron chi connectivity index (χ4n) is 3.79. The van der Waals surface area contributed by atoms with E-state index in [9.17, 15) is 4.79 Å². The summed E-state index contributed by atoms with van der Waals surface area (Å²) in [6.07, 6.45) is 6.07. The van der Waals surface area contributed by atoms with Crippen LogP contribution in [0.3, 0.4) is 0 Å². The second-order valence-corrected chi connectivity index (χ2v) is 8.25. The molecule has 2 aliphatic rings. The highest BCUT2D eigenvalue weighted by Crippen LogP contribution is 2.43. The summed E-state index contributed by atoms with van der Waals surface area (Å²) in [5.74, 6) is 0.663. The van der Waals surface area contributed by atoms with E-state index >= 15 is 0 Å². The third-order valence-corrected chi connectivity index (χ3v) is 6.36. The molecule has 0 aromatic carbocycles. The van der Waals surface area contributed by atoms with Gasteiger partial charge in [0.25, 0.3) is 5.91 Å². The number of carbonyl (C=O) groups is 1. The number of aromatic nitrogens is 1. The van der Waals surface area contributed by atoms with Gasteiger partial charge in [0.05, 0.1) is 29.8 Å². The van der Waals surface area contributed by atoms with Gasteiger partial charge in [-0.3, -0.25) is 9.78 Å². The van der Waals surface area contributed by atoms with Gasteiger partial charge in [0.2, 0.25) is 0 Å². The van der Waals surface area contributed by atoms with E-state index in [-0.39, 0.29) is 42.4 Å². The topological polar surface area (TPSA) is 72.5 Å². The highest BCUT2D eigenvalue weighted by Gasteiger charge is 2.40. The molecule has 160 valence electrons. The Morgan fingerprint density at radius 1 is 1.41 bits per heavy atom. The van der Waals surface area contributed by atoms with Crippen LogP contribution in [0.4, 0.5) is 0 Å². The van der Waals surface area contributed by atoms with Crippen molar-refractivity contribution in [3.8, 4) is 5.75 Å². The molecule has 0 aliphatic carbocycles. The minimum atomic E-state index is -0.204. The van der Waals surface area contributed by atoms with Gasteiger partial charge in [-0.25, -0.2) is 0 Å². The van der Waals surface area contributed by atoms with E-state index in [0.717, 1.165) is 43.8 Å². The molecular weight excluding hydrogens is 433 g/mol. The van der Waals surface area contributed by atoms with E-state index in [0.29, 0.717) is 12.3 Å². The van der Waals surface area contributed by atoms with E-state index in [1.807, 2.05) is 25.1 Å². The van der Waals surface area contributed by atoms with Crippen molar-refractivity contribution in [2.24, 2.45) is 0 Å². The molecule has 2 aromatic rings. The molecule has 1 amide bonds. The number of pyridine rings is 1. The normalized spacial score (nSPS) is 18.0. The van der Waals surface area contributed by atoms with Gasteiger partial charge in [0, 0.05) is 17.5 Å². The quantitative estimate of drug-likeness (QED) is 0.716. The molecule has 1 fully saturated rings. The maximum atomic E-state index is 12.7. The van der Waals surface area contributed by atoms with Crippen LogP contribution in [-0.4, -0.2) is 43.2 Å². The second kappa shape index (κ2) is 10.6. The Bertz CT molecular complexity index is 798. The number of rotatable bonds is 5. The van der Waals surface area contributed by atoms with Gasteiger partial charge in [-0.15, -0.1) is 36.2 Å². The predicted molar refractivity (Wildman–Crippen MR) is 119 cm³/mol. The lowest BCUT2D eigenvalue weighted by Crippen LogP contribution is -2.44. The van der Waals surface area contributed by atoms with Crippen LogP contribution in [-0.2, 0) is 16.8 Å². The summed E-state index contributed by atoms with van der Waals surface area (Å²) in [7, 11) is 0. The van der Waals surface area contributed by atoms with E-state index in [1.165, 1.54) is 10.4 Å². The molecule has 0 radical (unpaired) electrons. The molecule has 29 heavy (non-hydrogen) atoms. The van der Waals surface area contributed by atoms with Gasteiger partial charge in [0.15, 0.2) is 0 Å². The average molecular weight is 460 g/mol. The second-order valence-electron chi connectivity index (χ2n) is 7.12. The third kappa shape index (κ3) is 5.41. The van der Waals surface area contributed by atoms with E-state index < -0.39 is 0 Å². The smallest absolute Gasteiger partial charge is 0.261 e. The van der Waals surface area contributed by atoms with Crippen molar-refractivity contribution in [3.63, 3.8) is 0 Å². The predicted octanol–water partition coefficient (Wildman–Crippen LogP) is 3.34. The van der Waals surface area contributed by atoms with E-state index in [4.69, 9.17) is 9.47 Å². The highest BCUT2D eigenvalue weighted by atomic mass is 35.5. The van der Waals surface area contributed by atoms with E-state index in [2.05, 4.69) is 15.6 Å². The number of hydrogen-bond acceptors (Lipinski definition) is 6. The van der Waals surface area contributed by atoms with Gasteiger partial charge >= 0.3 is 0 Å². The number of hydrogen-bond donors (Lipinski definition) is 2. The van der Waals surface area contributed by atoms with Crippen molar-refractivity contribution in [1.82, 2.24) is 15.6 Å². The summed E-state index contributed by atoms with van der Waals surface area (Å²) >= 11 is 1.60. The fourth-order valence-corrected chi connectivity index (χ4v) is 4.93. The first-order chi connectivity index (χ1) is 13.2. The molecule has 1 unspecified atom stereocenters. The molecule has 6 nitrogen and oxygen atoms in total. The molecule has 1 spiro atoms. The minimum Gasteiger partial charge on any atom is -0.487 e. The van der Waals surface area contributed by atoms with Crippen LogP contribution in [0, 0.1) is 0 Å². The van der Waals surface area contributed by atoms with Gasteiger partial charge in [-0.2, -0.15) is 0 Å². The van der Waals surface area contributed by atoms with Crippen LogP contribution < -0.4 is 15.4 Å².